The van der Waals surface area contributed by atoms with Gasteiger partial charge in [0, 0.05) is 12.7 Å². The molecule has 0 aromatic heterocycles. The molecule has 1 unspecified atom stereocenters. The lowest BCUT2D eigenvalue weighted by atomic mass is 10.1. The van der Waals surface area contributed by atoms with Crippen LogP contribution in [0.25, 0.3) is 0 Å². The zero-order valence-corrected chi connectivity index (χ0v) is 10.6. The van der Waals surface area contributed by atoms with E-state index < -0.39 is 18.0 Å². The lowest BCUT2D eigenvalue weighted by Gasteiger charge is -2.13. The van der Waals surface area contributed by atoms with Gasteiger partial charge in [0.05, 0.1) is 6.21 Å². The molecule has 1 rings (SSSR count). The fourth-order valence-corrected chi connectivity index (χ4v) is 1.28. The summed E-state index contributed by atoms with van der Waals surface area (Å²) in [6, 6.07) is 6.53. The van der Waals surface area contributed by atoms with E-state index in [1.807, 2.05) is 0 Å². The highest BCUT2D eigenvalue weighted by Crippen LogP contribution is 2.03. The number of primary amides is 1. The molecule has 0 spiro atoms. The van der Waals surface area contributed by atoms with Crippen molar-refractivity contribution in [3.8, 4) is 0 Å². The Labute approximate surface area is 110 Å². The van der Waals surface area contributed by atoms with Gasteiger partial charge in [0.1, 0.15) is 7.11 Å². The third-order valence-electron chi connectivity index (χ3n) is 2.24. The molecule has 1 aromatic rings. The van der Waals surface area contributed by atoms with Crippen molar-refractivity contribution in [1.82, 2.24) is 5.32 Å². The van der Waals surface area contributed by atoms with Crippen LogP contribution in [0, 0.1) is 0 Å². The number of oxime groups is 1. The molecule has 0 aliphatic carbocycles. The SMILES string of the molecule is CON=Cc1ccc(C(=O)NC(OC)C(N)=O)cc1. The molecule has 3 N–H and O–H groups in total. The normalized spacial score (nSPS) is 12.1. The smallest absolute Gasteiger partial charge is 0.267 e. The summed E-state index contributed by atoms with van der Waals surface area (Å²) in [4.78, 5) is 27.2. The molecular weight excluding hydrogens is 250 g/mol. The molecule has 1 atom stereocenters. The first-order chi connectivity index (χ1) is 9.08. The van der Waals surface area contributed by atoms with Gasteiger partial charge < -0.3 is 20.6 Å². The van der Waals surface area contributed by atoms with Crippen LogP contribution in [0.5, 0.6) is 0 Å². The predicted octanol–water partition coefficient (Wildman–Crippen LogP) is -0.145. The van der Waals surface area contributed by atoms with Gasteiger partial charge in [0.25, 0.3) is 11.8 Å². The number of amides is 2. The lowest BCUT2D eigenvalue weighted by molar-refractivity contribution is -0.128. The minimum absolute atomic E-state index is 0.373. The summed E-state index contributed by atoms with van der Waals surface area (Å²) < 4.78 is 4.74. The van der Waals surface area contributed by atoms with E-state index in [1.54, 1.807) is 24.3 Å². The average molecular weight is 265 g/mol. The monoisotopic (exact) mass is 265 g/mol. The number of methoxy groups -OCH3 is 1. The summed E-state index contributed by atoms with van der Waals surface area (Å²) in [7, 11) is 2.72. The van der Waals surface area contributed by atoms with Gasteiger partial charge in [-0.15, -0.1) is 0 Å². The third-order valence-corrected chi connectivity index (χ3v) is 2.24. The van der Waals surface area contributed by atoms with Crippen LogP contribution in [-0.4, -0.2) is 38.5 Å². The number of rotatable bonds is 6. The van der Waals surface area contributed by atoms with Crippen molar-refractivity contribution in [2.24, 2.45) is 10.9 Å². The highest BCUT2D eigenvalue weighted by Gasteiger charge is 2.17. The van der Waals surface area contributed by atoms with Gasteiger partial charge in [-0.1, -0.05) is 17.3 Å². The number of hydrogen-bond donors (Lipinski definition) is 2. The Morgan fingerprint density at radius 3 is 2.42 bits per heavy atom. The highest BCUT2D eigenvalue weighted by atomic mass is 16.6. The van der Waals surface area contributed by atoms with Crippen LogP contribution in [0.2, 0.25) is 0 Å². The van der Waals surface area contributed by atoms with Crippen molar-refractivity contribution in [3.05, 3.63) is 35.4 Å². The lowest BCUT2D eigenvalue weighted by Crippen LogP contribution is -2.45. The largest absolute Gasteiger partial charge is 0.399 e. The number of hydrogen-bond acceptors (Lipinski definition) is 5. The zero-order valence-electron chi connectivity index (χ0n) is 10.6. The minimum Gasteiger partial charge on any atom is -0.399 e. The summed E-state index contributed by atoms with van der Waals surface area (Å²) in [6.07, 6.45) is 0.352. The van der Waals surface area contributed by atoms with Crippen LogP contribution in [0.4, 0.5) is 0 Å². The standard InChI is InChI=1S/C12H15N3O4/c1-18-12(10(13)16)15-11(17)9-5-3-8(4-6-9)7-14-19-2/h3-7,12H,1-2H3,(H2,13,16)(H,15,17). The topological polar surface area (TPSA) is 103 Å². The van der Waals surface area contributed by atoms with E-state index in [4.69, 9.17) is 10.5 Å². The molecule has 0 bridgehead atoms. The predicted molar refractivity (Wildman–Crippen MR) is 68.5 cm³/mol. The van der Waals surface area contributed by atoms with Gasteiger partial charge in [0.15, 0.2) is 0 Å². The van der Waals surface area contributed by atoms with Gasteiger partial charge >= 0.3 is 0 Å². The van der Waals surface area contributed by atoms with Crippen LogP contribution in [0.3, 0.4) is 0 Å². The second-order valence-electron chi connectivity index (χ2n) is 3.53. The van der Waals surface area contributed by atoms with Crippen molar-refractivity contribution in [3.63, 3.8) is 0 Å². The number of carbonyl (C=O) groups excluding carboxylic acids is 2. The van der Waals surface area contributed by atoms with E-state index in [-0.39, 0.29) is 0 Å². The molecule has 0 heterocycles. The Morgan fingerprint density at radius 2 is 1.95 bits per heavy atom. The molecule has 2 amide bonds. The molecule has 0 fully saturated rings. The van der Waals surface area contributed by atoms with E-state index in [1.165, 1.54) is 20.4 Å². The fourth-order valence-electron chi connectivity index (χ4n) is 1.28. The van der Waals surface area contributed by atoms with Crippen LogP contribution in [0.1, 0.15) is 15.9 Å². The molecule has 0 aliphatic heterocycles. The Kier molecular flexibility index (Phi) is 5.49. The quantitative estimate of drug-likeness (QED) is 0.424. The molecule has 0 radical (unpaired) electrons. The van der Waals surface area contributed by atoms with Crippen molar-refractivity contribution in [2.45, 2.75) is 6.23 Å². The van der Waals surface area contributed by atoms with Crippen molar-refractivity contribution < 1.29 is 19.2 Å². The Hall–Kier alpha value is -2.41. The van der Waals surface area contributed by atoms with Gasteiger partial charge in [-0.05, 0) is 17.7 Å². The molecule has 0 saturated carbocycles. The minimum atomic E-state index is -1.15. The second-order valence-corrected chi connectivity index (χ2v) is 3.53. The molecular formula is C12H15N3O4. The number of nitrogens with two attached hydrogens (primary N) is 1. The Balaban J connectivity index is 2.72. The average Bonchev–Trinajstić information content (AvgIpc) is 2.42. The number of benzene rings is 1. The van der Waals surface area contributed by atoms with E-state index in [0.29, 0.717) is 5.56 Å². The van der Waals surface area contributed by atoms with Crippen molar-refractivity contribution in [2.75, 3.05) is 14.2 Å². The van der Waals surface area contributed by atoms with Crippen LogP contribution < -0.4 is 11.1 Å². The first-order valence-corrected chi connectivity index (χ1v) is 5.38. The molecule has 19 heavy (non-hydrogen) atoms. The first kappa shape index (κ1) is 14.7. The molecule has 7 heteroatoms. The number of carbonyl (C=O) groups is 2. The number of nitrogens with zero attached hydrogens (tertiary/aromatic N) is 1. The van der Waals surface area contributed by atoms with Crippen molar-refractivity contribution in [1.29, 1.82) is 0 Å². The van der Waals surface area contributed by atoms with E-state index >= 15 is 0 Å². The van der Waals surface area contributed by atoms with Gasteiger partial charge in [-0.3, -0.25) is 9.59 Å². The fraction of sp³-hybridized carbons (Fsp3) is 0.250. The van der Waals surface area contributed by atoms with E-state index in [2.05, 4.69) is 15.3 Å². The zero-order chi connectivity index (χ0) is 14.3. The maximum absolute atomic E-state index is 11.8. The van der Waals surface area contributed by atoms with Crippen LogP contribution >= 0.6 is 0 Å². The Morgan fingerprint density at radius 1 is 1.32 bits per heavy atom. The summed E-state index contributed by atoms with van der Waals surface area (Å²) in [5.41, 5.74) is 6.19. The van der Waals surface area contributed by atoms with E-state index in [9.17, 15) is 9.59 Å². The highest BCUT2D eigenvalue weighted by molar-refractivity contribution is 5.97. The van der Waals surface area contributed by atoms with Gasteiger partial charge in [-0.25, -0.2) is 0 Å². The van der Waals surface area contributed by atoms with Crippen LogP contribution in [-0.2, 0) is 14.4 Å². The number of ether oxygens (including phenoxy) is 1. The van der Waals surface area contributed by atoms with Crippen molar-refractivity contribution >= 4 is 18.0 Å². The molecule has 1 aromatic carbocycles. The summed E-state index contributed by atoms with van der Waals surface area (Å²) >= 11 is 0. The second kappa shape index (κ2) is 7.12. The molecule has 0 aliphatic rings. The van der Waals surface area contributed by atoms with Gasteiger partial charge in [-0.2, -0.15) is 0 Å². The molecule has 102 valence electrons. The molecule has 0 saturated heterocycles. The maximum atomic E-state index is 11.8. The summed E-state index contributed by atoms with van der Waals surface area (Å²) in [5.74, 6) is -1.22. The Bertz CT molecular complexity index is 470. The summed E-state index contributed by atoms with van der Waals surface area (Å²) in [5, 5.41) is 5.95. The first-order valence-electron chi connectivity index (χ1n) is 5.38. The van der Waals surface area contributed by atoms with Crippen LogP contribution in [0.15, 0.2) is 29.4 Å². The van der Waals surface area contributed by atoms with E-state index in [0.717, 1.165) is 5.56 Å². The molecule has 7 nitrogen and oxygen atoms in total. The third kappa shape index (κ3) is 4.40. The maximum Gasteiger partial charge on any atom is 0.267 e. The summed E-state index contributed by atoms with van der Waals surface area (Å²) in [6.45, 7) is 0. The number of nitrogens with one attached hydrogen (secondary N) is 1. The van der Waals surface area contributed by atoms with Gasteiger partial charge in [0.2, 0.25) is 6.23 Å².